The molecule has 0 radical (unpaired) electrons. The van der Waals surface area contributed by atoms with E-state index in [-0.39, 0.29) is 12.5 Å². The summed E-state index contributed by atoms with van der Waals surface area (Å²) in [5.41, 5.74) is 0.377. The van der Waals surface area contributed by atoms with Crippen LogP contribution in [0.3, 0.4) is 0 Å². The first-order chi connectivity index (χ1) is 9.13. The number of hydrogen-bond donors (Lipinski definition) is 1. The molecule has 1 atom stereocenters. The third kappa shape index (κ3) is 2.83. The lowest BCUT2D eigenvalue weighted by Gasteiger charge is -2.25. The minimum Gasteiger partial charge on any atom is -0.481 e. The zero-order valence-corrected chi connectivity index (χ0v) is 10.7. The van der Waals surface area contributed by atoms with Crippen LogP contribution in [0, 0.1) is 0 Å². The number of anilines is 1. The maximum Gasteiger partial charge on any atom is 0.341 e. The summed E-state index contributed by atoms with van der Waals surface area (Å²) in [6.07, 6.45) is 3.34. The molecular weight excluding hydrogens is 248 g/mol. The molecule has 1 fully saturated rings. The minimum absolute atomic E-state index is 0.0528. The van der Waals surface area contributed by atoms with E-state index in [9.17, 15) is 9.59 Å². The molecule has 1 unspecified atom stereocenters. The van der Waals surface area contributed by atoms with Gasteiger partial charge in [0.1, 0.15) is 11.4 Å². The van der Waals surface area contributed by atoms with Crippen LogP contribution in [-0.2, 0) is 9.53 Å². The van der Waals surface area contributed by atoms with Crippen LogP contribution in [0.2, 0.25) is 0 Å². The van der Waals surface area contributed by atoms with Crippen molar-refractivity contribution in [2.75, 3.05) is 18.6 Å². The van der Waals surface area contributed by atoms with Crippen LogP contribution in [0.5, 0.6) is 0 Å². The molecule has 6 nitrogen and oxygen atoms in total. The summed E-state index contributed by atoms with van der Waals surface area (Å²) < 4.78 is 4.73. The fourth-order valence-electron chi connectivity index (χ4n) is 2.42. The molecule has 1 aromatic rings. The second-order valence-corrected chi connectivity index (χ2v) is 4.45. The molecular formula is C13H16N2O4. The van der Waals surface area contributed by atoms with Crippen LogP contribution in [0.4, 0.5) is 5.82 Å². The van der Waals surface area contributed by atoms with Gasteiger partial charge >= 0.3 is 11.9 Å². The first-order valence-corrected chi connectivity index (χ1v) is 6.15. The van der Waals surface area contributed by atoms with Gasteiger partial charge in [0.25, 0.3) is 0 Å². The fourth-order valence-corrected chi connectivity index (χ4v) is 2.42. The Bertz CT molecular complexity index is 489. The summed E-state index contributed by atoms with van der Waals surface area (Å²) in [5, 5.41) is 8.92. The van der Waals surface area contributed by atoms with E-state index in [1.54, 1.807) is 18.3 Å². The maximum atomic E-state index is 11.7. The number of esters is 1. The van der Waals surface area contributed by atoms with E-state index in [1.165, 1.54) is 7.11 Å². The number of carbonyl (C=O) groups excluding carboxylic acids is 1. The molecule has 2 heterocycles. The van der Waals surface area contributed by atoms with Crippen LogP contribution in [0.1, 0.15) is 29.6 Å². The monoisotopic (exact) mass is 264 g/mol. The standard InChI is InChI=1S/C13H16N2O4/c1-19-13(18)10-5-2-6-14-12(10)15-7-3-4-9(15)8-11(16)17/h2,5-6,9H,3-4,7-8H2,1H3,(H,16,17). The van der Waals surface area contributed by atoms with E-state index in [2.05, 4.69) is 4.98 Å². The first-order valence-electron chi connectivity index (χ1n) is 6.15. The molecule has 102 valence electrons. The van der Waals surface area contributed by atoms with Gasteiger partial charge in [-0.2, -0.15) is 0 Å². The van der Waals surface area contributed by atoms with Crippen molar-refractivity contribution in [3.8, 4) is 0 Å². The first kappa shape index (κ1) is 13.3. The third-order valence-corrected chi connectivity index (χ3v) is 3.25. The second kappa shape index (κ2) is 5.69. The topological polar surface area (TPSA) is 79.7 Å². The number of carbonyl (C=O) groups is 2. The Labute approximate surface area is 111 Å². The highest BCUT2D eigenvalue weighted by Gasteiger charge is 2.30. The summed E-state index contributed by atoms with van der Waals surface area (Å²) in [6.45, 7) is 0.707. The SMILES string of the molecule is COC(=O)c1cccnc1N1CCCC1CC(=O)O. The molecule has 0 amide bonds. The fraction of sp³-hybridized carbons (Fsp3) is 0.462. The van der Waals surface area contributed by atoms with E-state index < -0.39 is 11.9 Å². The molecule has 1 aromatic heterocycles. The lowest BCUT2D eigenvalue weighted by atomic mass is 10.1. The number of aromatic nitrogens is 1. The van der Waals surface area contributed by atoms with Crippen LogP contribution in [0.15, 0.2) is 18.3 Å². The van der Waals surface area contributed by atoms with E-state index in [0.717, 1.165) is 12.8 Å². The van der Waals surface area contributed by atoms with Crippen molar-refractivity contribution in [1.82, 2.24) is 4.98 Å². The Balaban J connectivity index is 2.30. The lowest BCUT2D eigenvalue weighted by Crippen LogP contribution is -2.33. The average Bonchev–Trinajstić information content (AvgIpc) is 2.85. The second-order valence-electron chi connectivity index (χ2n) is 4.45. The van der Waals surface area contributed by atoms with Crippen molar-refractivity contribution in [2.45, 2.75) is 25.3 Å². The highest BCUT2D eigenvalue weighted by Crippen LogP contribution is 2.28. The smallest absolute Gasteiger partial charge is 0.341 e. The summed E-state index contributed by atoms with van der Waals surface area (Å²) in [4.78, 5) is 28.7. The molecule has 1 saturated heterocycles. The van der Waals surface area contributed by atoms with Crippen LogP contribution in [0.25, 0.3) is 0 Å². The molecule has 6 heteroatoms. The van der Waals surface area contributed by atoms with Crippen LogP contribution >= 0.6 is 0 Å². The van der Waals surface area contributed by atoms with Gasteiger partial charge in [-0.25, -0.2) is 9.78 Å². The third-order valence-electron chi connectivity index (χ3n) is 3.25. The van der Waals surface area contributed by atoms with Crippen molar-refractivity contribution >= 4 is 17.8 Å². The Morgan fingerprint density at radius 1 is 1.58 bits per heavy atom. The van der Waals surface area contributed by atoms with Gasteiger partial charge in [0.2, 0.25) is 0 Å². The maximum absolute atomic E-state index is 11.7. The van der Waals surface area contributed by atoms with Crippen molar-refractivity contribution in [2.24, 2.45) is 0 Å². The van der Waals surface area contributed by atoms with Gasteiger partial charge in [0.05, 0.1) is 13.5 Å². The van der Waals surface area contributed by atoms with Gasteiger partial charge in [0.15, 0.2) is 0 Å². The van der Waals surface area contributed by atoms with E-state index in [4.69, 9.17) is 9.84 Å². The largest absolute Gasteiger partial charge is 0.481 e. The molecule has 0 aromatic carbocycles. The Hall–Kier alpha value is -2.11. The number of pyridine rings is 1. The highest BCUT2D eigenvalue weighted by atomic mass is 16.5. The number of carboxylic acids is 1. The van der Waals surface area contributed by atoms with Gasteiger partial charge in [0, 0.05) is 18.8 Å². The molecule has 0 saturated carbocycles. The Kier molecular flexibility index (Phi) is 3.99. The quantitative estimate of drug-likeness (QED) is 0.826. The number of carboxylic acid groups (broad SMARTS) is 1. The van der Waals surface area contributed by atoms with Gasteiger partial charge in [-0.15, -0.1) is 0 Å². The predicted octanol–water partition coefficient (Wildman–Crippen LogP) is 1.31. The molecule has 2 rings (SSSR count). The highest BCUT2D eigenvalue weighted by molar-refractivity contribution is 5.94. The van der Waals surface area contributed by atoms with Crippen molar-refractivity contribution in [1.29, 1.82) is 0 Å². The predicted molar refractivity (Wildman–Crippen MR) is 68.2 cm³/mol. The lowest BCUT2D eigenvalue weighted by molar-refractivity contribution is -0.137. The van der Waals surface area contributed by atoms with Crippen molar-refractivity contribution < 1.29 is 19.4 Å². The number of aliphatic carboxylic acids is 1. The molecule has 1 aliphatic heterocycles. The molecule has 0 spiro atoms. The number of rotatable bonds is 4. The normalized spacial score (nSPS) is 18.4. The summed E-state index contributed by atoms with van der Waals surface area (Å²) in [5.74, 6) is -0.783. The summed E-state index contributed by atoms with van der Waals surface area (Å²) in [7, 11) is 1.32. The van der Waals surface area contributed by atoms with Gasteiger partial charge < -0.3 is 14.7 Å². The van der Waals surface area contributed by atoms with Crippen molar-refractivity contribution in [3.05, 3.63) is 23.9 Å². The van der Waals surface area contributed by atoms with E-state index in [1.807, 2.05) is 4.90 Å². The molecule has 1 N–H and O–H groups in total. The molecule has 1 aliphatic rings. The number of ether oxygens (including phenoxy) is 1. The van der Waals surface area contributed by atoms with E-state index >= 15 is 0 Å². The molecule has 19 heavy (non-hydrogen) atoms. The summed E-state index contributed by atoms with van der Waals surface area (Å²) in [6, 6.07) is 3.19. The van der Waals surface area contributed by atoms with E-state index in [0.29, 0.717) is 17.9 Å². The zero-order chi connectivity index (χ0) is 13.8. The van der Waals surface area contributed by atoms with Gasteiger partial charge in [-0.1, -0.05) is 0 Å². The number of methoxy groups -OCH3 is 1. The summed E-state index contributed by atoms with van der Waals surface area (Å²) >= 11 is 0. The average molecular weight is 264 g/mol. The molecule has 0 bridgehead atoms. The van der Waals surface area contributed by atoms with Crippen LogP contribution in [-0.4, -0.2) is 41.7 Å². The van der Waals surface area contributed by atoms with Gasteiger partial charge in [-0.05, 0) is 25.0 Å². The number of nitrogens with zero attached hydrogens (tertiary/aromatic N) is 2. The minimum atomic E-state index is -0.840. The van der Waals surface area contributed by atoms with Crippen LogP contribution < -0.4 is 4.90 Å². The Morgan fingerprint density at radius 3 is 3.05 bits per heavy atom. The van der Waals surface area contributed by atoms with Crippen molar-refractivity contribution in [3.63, 3.8) is 0 Å². The Morgan fingerprint density at radius 2 is 2.37 bits per heavy atom. The molecule has 0 aliphatic carbocycles. The van der Waals surface area contributed by atoms with Gasteiger partial charge in [-0.3, -0.25) is 4.79 Å². The zero-order valence-electron chi connectivity index (χ0n) is 10.7. The number of hydrogen-bond acceptors (Lipinski definition) is 5.